The molecule has 1 aromatic carbocycles. The van der Waals surface area contributed by atoms with Crippen molar-refractivity contribution in [1.82, 2.24) is 19.9 Å². The minimum Gasteiger partial charge on any atom is -0.324 e. The molecule has 1 aliphatic heterocycles. The molecule has 160 valence electrons. The quantitative estimate of drug-likeness (QED) is 0.303. The maximum absolute atomic E-state index is 13.3. The first-order chi connectivity index (χ1) is 15.1. The summed E-state index contributed by atoms with van der Waals surface area (Å²) in [6.07, 6.45) is 8.34. The highest BCUT2D eigenvalue weighted by Gasteiger charge is 2.35. The topological polar surface area (TPSA) is 83.9 Å². The van der Waals surface area contributed by atoms with Gasteiger partial charge in [0, 0.05) is 23.6 Å². The lowest BCUT2D eigenvalue weighted by Gasteiger charge is -2.39. The summed E-state index contributed by atoms with van der Waals surface area (Å²) in [7, 11) is 0. The fourth-order valence-electron chi connectivity index (χ4n) is 3.67. The van der Waals surface area contributed by atoms with Gasteiger partial charge in [-0.2, -0.15) is 0 Å². The monoisotopic (exact) mass is 532 g/mol. The molecule has 1 aliphatic rings. The Labute approximate surface area is 189 Å². The number of amides is 1. The fourth-order valence-corrected chi connectivity index (χ4v) is 5.61. The number of piperidine rings is 1. The summed E-state index contributed by atoms with van der Waals surface area (Å²) in [5, 5.41) is 3.03. The number of hydrogen-bond donors (Lipinski definition) is 1. The number of aryl methyl sites for hydroxylation is 1. The van der Waals surface area contributed by atoms with Crippen molar-refractivity contribution in [1.29, 1.82) is 0 Å². The van der Waals surface area contributed by atoms with Gasteiger partial charge in [0.05, 0.1) is 16.4 Å². The van der Waals surface area contributed by atoms with Crippen LogP contribution in [0.15, 0.2) is 49.1 Å². The number of nitrogens with one attached hydrogen (secondary N) is 1. The number of aromatic nitrogens is 4. The summed E-state index contributed by atoms with van der Waals surface area (Å²) < 4.78 is 17.6. The van der Waals surface area contributed by atoms with E-state index < -0.39 is 5.82 Å². The van der Waals surface area contributed by atoms with E-state index in [1.54, 1.807) is 18.5 Å². The number of nitrogens with zero attached hydrogens (tertiary/aromatic N) is 5. The largest absolute Gasteiger partial charge is 0.324 e. The van der Waals surface area contributed by atoms with E-state index in [1.165, 1.54) is 0 Å². The molecule has 0 unspecified atom stereocenters. The molecule has 3 heterocycles. The third kappa shape index (κ3) is 4.76. The van der Waals surface area contributed by atoms with Crippen molar-refractivity contribution in [2.45, 2.75) is 36.3 Å². The number of carbonyl (C=O) groups is 1. The van der Waals surface area contributed by atoms with Crippen molar-refractivity contribution in [2.75, 3.05) is 10.2 Å². The molecule has 0 radical (unpaired) electrons. The summed E-state index contributed by atoms with van der Waals surface area (Å²) >= 11 is -0.368. The summed E-state index contributed by atoms with van der Waals surface area (Å²) in [6.45, 7) is 1.92. The van der Waals surface area contributed by atoms with Gasteiger partial charge in [-0.1, -0.05) is 10.6 Å². The van der Waals surface area contributed by atoms with Crippen LogP contribution in [0.25, 0.3) is 11.4 Å². The predicted octanol–water partition coefficient (Wildman–Crippen LogP) is 4.11. The molecule has 2 aromatic heterocycles. The second kappa shape index (κ2) is 9.54. The van der Waals surface area contributed by atoms with Crippen LogP contribution in [0.3, 0.4) is 0 Å². The second-order valence-corrected chi connectivity index (χ2v) is 9.55. The van der Waals surface area contributed by atoms with E-state index in [9.17, 15) is 9.18 Å². The van der Waals surface area contributed by atoms with Crippen molar-refractivity contribution in [3.8, 4) is 11.4 Å². The third-order valence-electron chi connectivity index (χ3n) is 5.19. The third-order valence-corrected chi connectivity index (χ3v) is 7.43. The van der Waals surface area contributed by atoms with Gasteiger partial charge in [-0.25, -0.2) is 24.3 Å². The maximum atomic E-state index is 13.3. The molecule has 2 atom stereocenters. The van der Waals surface area contributed by atoms with Crippen LogP contribution in [0, 0.1) is 12.7 Å². The standard InChI is InChI=1S/C22H22FIN6O/c1-14-7-8-16(11-17(14)20-27-12-15(23)13-28-20)29-21(31)18-5-3-6-19(24-2)30(18)22-25-9-4-10-26-22/h4,7-13,18-19H,2-3,5-6H2,1H3,(H,29,31)/t18-,19-/m1/s1. The molecule has 0 aliphatic carbocycles. The van der Waals surface area contributed by atoms with E-state index in [4.69, 9.17) is 0 Å². The molecule has 9 heteroatoms. The summed E-state index contributed by atoms with van der Waals surface area (Å²) in [6, 6.07) is 6.95. The molecule has 1 fully saturated rings. The number of halogens is 2. The smallest absolute Gasteiger partial charge is 0.247 e. The first-order valence-corrected chi connectivity index (χ1v) is 12.7. The Morgan fingerprint density at radius 2 is 1.94 bits per heavy atom. The summed E-state index contributed by atoms with van der Waals surface area (Å²) in [5.74, 6) is 0.382. The Hall–Kier alpha value is -2.82. The molecular weight excluding hydrogens is 510 g/mol. The molecule has 7 nitrogen and oxygen atoms in total. The SMILES string of the molecule is C=I[C@H]1CCC[C@H](C(=O)Nc2ccc(C)c(-c3ncc(F)cn3)c2)N1c1ncccn1. The minimum absolute atomic E-state index is 0.107. The number of hydrogen-bond acceptors (Lipinski definition) is 6. The van der Waals surface area contributed by atoms with E-state index in [0.717, 1.165) is 42.8 Å². The van der Waals surface area contributed by atoms with Gasteiger partial charge in [-0.3, -0.25) is 4.79 Å². The molecule has 0 spiro atoms. The molecule has 1 amide bonds. The number of alkyl halides is 1. The Morgan fingerprint density at radius 1 is 1.19 bits per heavy atom. The average Bonchev–Trinajstić information content (AvgIpc) is 2.81. The highest BCUT2D eigenvalue weighted by Crippen LogP contribution is 2.33. The normalized spacial score (nSPS) is 18.6. The highest BCUT2D eigenvalue weighted by molar-refractivity contribution is 14.2. The minimum atomic E-state index is -0.492. The van der Waals surface area contributed by atoms with Crippen LogP contribution in [-0.4, -0.2) is 40.4 Å². The van der Waals surface area contributed by atoms with E-state index in [0.29, 0.717) is 17.5 Å². The van der Waals surface area contributed by atoms with E-state index in [-0.39, 0.29) is 36.7 Å². The van der Waals surface area contributed by atoms with Crippen molar-refractivity contribution in [3.05, 3.63) is 60.4 Å². The second-order valence-electron chi connectivity index (χ2n) is 7.24. The molecule has 0 bridgehead atoms. The molecule has 31 heavy (non-hydrogen) atoms. The van der Waals surface area contributed by atoms with Crippen molar-refractivity contribution in [3.63, 3.8) is 0 Å². The number of carbonyl (C=O) groups excluding carboxylic acids is 1. The Kier molecular flexibility index (Phi) is 6.59. The maximum Gasteiger partial charge on any atom is 0.247 e. The predicted molar refractivity (Wildman–Crippen MR) is 128 cm³/mol. The van der Waals surface area contributed by atoms with E-state index in [2.05, 4.69) is 29.8 Å². The molecule has 3 aromatic rings. The zero-order chi connectivity index (χ0) is 21.8. The first kappa shape index (κ1) is 21.4. The van der Waals surface area contributed by atoms with Gasteiger partial charge in [-0.05, 0) is 49.9 Å². The number of benzene rings is 1. The van der Waals surface area contributed by atoms with Crippen LogP contribution in [-0.2, 0) is 4.79 Å². The van der Waals surface area contributed by atoms with Gasteiger partial charge in [0.1, 0.15) is 6.04 Å². The van der Waals surface area contributed by atoms with Crippen LogP contribution >= 0.6 is 20.7 Å². The van der Waals surface area contributed by atoms with Crippen molar-refractivity contribution >= 4 is 42.8 Å². The fraction of sp³-hybridized carbons (Fsp3) is 0.273. The summed E-state index contributed by atoms with van der Waals surface area (Å²) in [4.78, 5) is 32.2. The van der Waals surface area contributed by atoms with Crippen LogP contribution < -0.4 is 10.2 Å². The van der Waals surface area contributed by atoms with Crippen LogP contribution in [0.4, 0.5) is 16.0 Å². The Morgan fingerprint density at radius 3 is 2.65 bits per heavy atom. The molecular formula is C22H22FIN6O. The lowest BCUT2D eigenvalue weighted by molar-refractivity contribution is -0.117. The van der Waals surface area contributed by atoms with E-state index in [1.807, 2.05) is 30.0 Å². The van der Waals surface area contributed by atoms with Crippen LogP contribution in [0.5, 0.6) is 0 Å². The van der Waals surface area contributed by atoms with E-state index >= 15 is 0 Å². The van der Waals surface area contributed by atoms with Crippen molar-refractivity contribution < 1.29 is 9.18 Å². The number of anilines is 2. The van der Waals surface area contributed by atoms with Gasteiger partial charge in [0.2, 0.25) is 11.9 Å². The molecule has 1 saturated heterocycles. The van der Waals surface area contributed by atoms with Gasteiger partial charge in [0.25, 0.3) is 0 Å². The average molecular weight is 532 g/mol. The highest BCUT2D eigenvalue weighted by atomic mass is 127. The molecule has 4 rings (SSSR count). The van der Waals surface area contributed by atoms with Gasteiger partial charge < -0.3 is 10.2 Å². The zero-order valence-electron chi connectivity index (χ0n) is 17.0. The lowest BCUT2D eigenvalue weighted by Crippen LogP contribution is -2.51. The number of rotatable bonds is 5. The van der Waals surface area contributed by atoms with Crippen LogP contribution in [0.1, 0.15) is 24.8 Å². The summed E-state index contributed by atoms with van der Waals surface area (Å²) in [5.41, 5.74) is 2.31. The Bertz CT molecular complexity index is 1080. The first-order valence-electron chi connectivity index (χ1n) is 9.88. The van der Waals surface area contributed by atoms with Gasteiger partial charge in [0.15, 0.2) is 11.6 Å². The van der Waals surface area contributed by atoms with Gasteiger partial charge >= 0.3 is 0 Å². The molecule has 0 saturated carbocycles. The lowest BCUT2D eigenvalue weighted by atomic mass is 10.0. The molecule has 1 N–H and O–H groups in total. The van der Waals surface area contributed by atoms with Gasteiger partial charge in [-0.15, -0.1) is 20.7 Å². The zero-order valence-corrected chi connectivity index (χ0v) is 19.2. The Balaban J connectivity index is 1.60. The van der Waals surface area contributed by atoms with Crippen molar-refractivity contribution in [2.24, 2.45) is 0 Å². The van der Waals surface area contributed by atoms with Crippen LogP contribution in [0.2, 0.25) is 0 Å².